The molecule has 2 aromatic rings. The number of carbonyl (C=O) groups excluding carboxylic acids is 2. The number of rotatable bonds is 10. The Morgan fingerprint density at radius 3 is 2.48 bits per heavy atom. The third-order valence-electron chi connectivity index (χ3n) is 5.40. The average Bonchev–Trinajstić information content (AvgIpc) is 2.74. The van der Waals surface area contributed by atoms with Crippen molar-refractivity contribution in [3.8, 4) is 5.75 Å². The molecule has 5 heteroatoms. The topological polar surface area (TPSA) is 58.6 Å². The van der Waals surface area contributed by atoms with Crippen LogP contribution < -0.4 is 10.1 Å². The molecule has 0 aliphatic carbocycles. The van der Waals surface area contributed by atoms with Crippen LogP contribution in [0.4, 0.5) is 0 Å². The lowest BCUT2D eigenvalue weighted by Gasteiger charge is -2.31. The highest BCUT2D eigenvalue weighted by Crippen LogP contribution is 2.19. The molecule has 1 unspecified atom stereocenters. The summed E-state index contributed by atoms with van der Waals surface area (Å²) in [4.78, 5) is 28.2. The second-order valence-electron chi connectivity index (χ2n) is 8.54. The molecule has 31 heavy (non-hydrogen) atoms. The Balaban J connectivity index is 2.33. The molecule has 0 heterocycles. The Morgan fingerprint density at radius 1 is 1.10 bits per heavy atom. The molecule has 0 bridgehead atoms. The van der Waals surface area contributed by atoms with Gasteiger partial charge in [0.25, 0.3) is 0 Å². The van der Waals surface area contributed by atoms with Crippen LogP contribution in [-0.4, -0.2) is 36.4 Å². The summed E-state index contributed by atoms with van der Waals surface area (Å²) in [5.74, 6) is 0.923. The SMILES string of the molecule is CCC(C(=O)NCC(C)C)N(Cc1cccc(OC)c1)C(=O)Cc1cc(C)ccc1C. The van der Waals surface area contributed by atoms with Crippen molar-refractivity contribution in [2.45, 2.75) is 60.0 Å². The van der Waals surface area contributed by atoms with Crippen LogP contribution in [0.3, 0.4) is 0 Å². The summed E-state index contributed by atoms with van der Waals surface area (Å²) in [6.45, 7) is 11.0. The van der Waals surface area contributed by atoms with E-state index >= 15 is 0 Å². The summed E-state index contributed by atoms with van der Waals surface area (Å²) in [5, 5.41) is 3.00. The number of methoxy groups -OCH3 is 1. The lowest BCUT2D eigenvalue weighted by atomic mass is 10.0. The number of ether oxygens (including phenoxy) is 1. The van der Waals surface area contributed by atoms with Crippen molar-refractivity contribution in [3.05, 3.63) is 64.7 Å². The first-order valence-corrected chi connectivity index (χ1v) is 11.0. The normalized spacial score (nSPS) is 11.8. The number of nitrogens with zero attached hydrogens (tertiary/aromatic N) is 1. The lowest BCUT2D eigenvalue weighted by molar-refractivity contribution is -0.141. The maximum absolute atomic E-state index is 13.5. The highest BCUT2D eigenvalue weighted by atomic mass is 16.5. The minimum Gasteiger partial charge on any atom is -0.497 e. The zero-order chi connectivity index (χ0) is 23.0. The molecule has 0 spiro atoms. The van der Waals surface area contributed by atoms with E-state index in [9.17, 15) is 9.59 Å². The fraction of sp³-hybridized carbons (Fsp3) is 0.462. The van der Waals surface area contributed by atoms with Gasteiger partial charge in [-0.05, 0) is 55.0 Å². The molecule has 2 aromatic carbocycles. The van der Waals surface area contributed by atoms with Gasteiger partial charge in [0.15, 0.2) is 0 Å². The first-order valence-electron chi connectivity index (χ1n) is 11.0. The molecule has 0 saturated heterocycles. The quantitative estimate of drug-likeness (QED) is 0.614. The van der Waals surface area contributed by atoms with E-state index in [1.807, 2.05) is 57.2 Å². The van der Waals surface area contributed by atoms with Crippen molar-refractivity contribution in [2.24, 2.45) is 5.92 Å². The van der Waals surface area contributed by atoms with Crippen LogP contribution in [0, 0.1) is 19.8 Å². The maximum atomic E-state index is 13.5. The molecule has 1 N–H and O–H groups in total. The van der Waals surface area contributed by atoms with E-state index in [2.05, 4.69) is 25.2 Å². The van der Waals surface area contributed by atoms with Crippen LogP contribution >= 0.6 is 0 Å². The highest BCUT2D eigenvalue weighted by molar-refractivity contribution is 5.88. The first-order chi connectivity index (χ1) is 14.7. The number of nitrogens with one attached hydrogen (secondary N) is 1. The van der Waals surface area contributed by atoms with Gasteiger partial charge in [-0.1, -0.05) is 56.7 Å². The average molecular weight is 425 g/mol. The van der Waals surface area contributed by atoms with Crippen LogP contribution in [0.5, 0.6) is 5.75 Å². The van der Waals surface area contributed by atoms with Crippen LogP contribution in [-0.2, 0) is 22.6 Å². The van der Waals surface area contributed by atoms with E-state index in [0.29, 0.717) is 25.4 Å². The number of benzene rings is 2. The van der Waals surface area contributed by atoms with Crippen LogP contribution in [0.1, 0.15) is 49.4 Å². The van der Waals surface area contributed by atoms with Gasteiger partial charge in [-0.3, -0.25) is 9.59 Å². The van der Waals surface area contributed by atoms with Gasteiger partial charge in [-0.25, -0.2) is 0 Å². The monoisotopic (exact) mass is 424 g/mol. The molecule has 0 aromatic heterocycles. The van der Waals surface area contributed by atoms with E-state index < -0.39 is 6.04 Å². The number of hydrogen-bond donors (Lipinski definition) is 1. The van der Waals surface area contributed by atoms with E-state index in [1.54, 1.807) is 12.0 Å². The van der Waals surface area contributed by atoms with Crippen molar-refractivity contribution in [1.82, 2.24) is 10.2 Å². The van der Waals surface area contributed by atoms with Crippen molar-refractivity contribution >= 4 is 11.8 Å². The van der Waals surface area contributed by atoms with Gasteiger partial charge in [-0.15, -0.1) is 0 Å². The lowest BCUT2D eigenvalue weighted by Crippen LogP contribution is -2.50. The Bertz CT molecular complexity index is 892. The second-order valence-corrected chi connectivity index (χ2v) is 8.54. The fourth-order valence-corrected chi connectivity index (χ4v) is 3.56. The summed E-state index contributed by atoms with van der Waals surface area (Å²) in [7, 11) is 1.62. The van der Waals surface area contributed by atoms with E-state index in [1.165, 1.54) is 0 Å². The third-order valence-corrected chi connectivity index (χ3v) is 5.40. The molecule has 0 fully saturated rings. The number of aryl methyl sites for hydroxylation is 2. The van der Waals surface area contributed by atoms with Crippen LogP contribution in [0.25, 0.3) is 0 Å². The van der Waals surface area contributed by atoms with Crippen molar-refractivity contribution in [1.29, 1.82) is 0 Å². The minimum atomic E-state index is -0.525. The zero-order valence-corrected chi connectivity index (χ0v) is 19.7. The summed E-state index contributed by atoms with van der Waals surface area (Å²) in [5.41, 5.74) is 4.13. The van der Waals surface area contributed by atoms with E-state index in [4.69, 9.17) is 4.74 Å². The van der Waals surface area contributed by atoms with Crippen LogP contribution in [0.2, 0.25) is 0 Å². The summed E-state index contributed by atoms with van der Waals surface area (Å²) >= 11 is 0. The molecule has 0 aliphatic rings. The van der Waals surface area contributed by atoms with Crippen molar-refractivity contribution in [2.75, 3.05) is 13.7 Å². The largest absolute Gasteiger partial charge is 0.497 e. The molecule has 1 atom stereocenters. The third kappa shape index (κ3) is 7.12. The molecule has 2 amide bonds. The number of hydrogen-bond acceptors (Lipinski definition) is 3. The molecule has 5 nitrogen and oxygen atoms in total. The number of amides is 2. The molecule has 168 valence electrons. The summed E-state index contributed by atoms with van der Waals surface area (Å²) in [6, 6.07) is 13.3. The second kappa shape index (κ2) is 11.5. The van der Waals surface area contributed by atoms with Crippen molar-refractivity contribution < 1.29 is 14.3 Å². The van der Waals surface area contributed by atoms with Gasteiger partial charge >= 0.3 is 0 Å². The molecular formula is C26H36N2O3. The van der Waals surface area contributed by atoms with E-state index in [-0.39, 0.29) is 18.2 Å². The Kier molecular flexibility index (Phi) is 9.10. The molecule has 0 saturated carbocycles. The fourth-order valence-electron chi connectivity index (χ4n) is 3.56. The maximum Gasteiger partial charge on any atom is 0.242 e. The molecular weight excluding hydrogens is 388 g/mol. The Hall–Kier alpha value is -2.82. The summed E-state index contributed by atoms with van der Waals surface area (Å²) in [6.07, 6.45) is 0.817. The van der Waals surface area contributed by atoms with Gasteiger partial charge in [0, 0.05) is 13.1 Å². The van der Waals surface area contributed by atoms with E-state index in [0.717, 1.165) is 28.0 Å². The van der Waals surface area contributed by atoms with Gasteiger partial charge in [0.2, 0.25) is 11.8 Å². The van der Waals surface area contributed by atoms with Gasteiger partial charge < -0.3 is 15.0 Å². The molecule has 0 radical (unpaired) electrons. The number of carbonyl (C=O) groups is 2. The van der Waals surface area contributed by atoms with Gasteiger partial charge in [-0.2, -0.15) is 0 Å². The standard InChI is InChI=1S/C26H36N2O3/c1-7-24(26(30)27-16-18(2)3)28(17-21-9-8-10-23(14-21)31-6)25(29)15-22-13-19(4)11-12-20(22)5/h8-14,18,24H,7,15-17H2,1-6H3,(H,27,30). The first kappa shape index (κ1) is 24.4. The predicted octanol–water partition coefficient (Wildman–Crippen LogP) is 4.43. The van der Waals surface area contributed by atoms with Crippen molar-refractivity contribution in [3.63, 3.8) is 0 Å². The minimum absolute atomic E-state index is 0.0527. The van der Waals surface area contributed by atoms with Crippen LogP contribution in [0.15, 0.2) is 42.5 Å². The Labute approximate surface area is 186 Å². The molecule has 2 rings (SSSR count). The molecule has 0 aliphatic heterocycles. The summed E-state index contributed by atoms with van der Waals surface area (Å²) < 4.78 is 5.34. The smallest absolute Gasteiger partial charge is 0.242 e. The Morgan fingerprint density at radius 2 is 1.84 bits per heavy atom. The van der Waals surface area contributed by atoms with Gasteiger partial charge in [0.05, 0.1) is 13.5 Å². The predicted molar refractivity (Wildman–Crippen MR) is 125 cm³/mol. The zero-order valence-electron chi connectivity index (χ0n) is 19.7. The highest BCUT2D eigenvalue weighted by Gasteiger charge is 2.29. The van der Waals surface area contributed by atoms with Gasteiger partial charge in [0.1, 0.15) is 11.8 Å².